The number of hydrogen-bond acceptors (Lipinski definition) is 3. The minimum absolute atomic E-state index is 0.0122. The first kappa shape index (κ1) is 16.3. The summed E-state index contributed by atoms with van der Waals surface area (Å²) in [5, 5.41) is 6.91. The van der Waals surface area contributed by atoms with Crippen molar-refractivity contribution in [2.75, 3.05) is 31.5 Å². The molecule has 0 aromatic heterocycles. The van der Waals surface area contributed by atoms with E-state index in [9.17, 15) is 4.79 Å². The van der Waals surface area contributed by atoms with E-state index in [-0.39, 0.29) is 11.4 Å². The summed E-state index contributed by atoms with van der Waals surface area (Å²) in [7, 11) is 0. The number of hydrogen-bond donors (Lipinski definition) is 2. The molecule has 0 aliphatic carbocycles. The lowest BCUT2D eigenvalue weighted by molar-refractivity contribution is -0.119. The Morgan fingerprint density at radius 1 is 1.43 bits per heavy atom. The smallest absolute Gasteiger partial charge is 0.238 e. The molecular formula is C16H24ClN3O. The van der Waals surface area contributed by atoms with Crippen LogP contribution in [0.3, 0.4) is 0 Å². The average Bonchev–Trinajstić information content (AvgIpc) is 2.36. The van der Waals surface area contributed by atoms with Gasteiger partial charge < -0.3 is 10.6 Å². The van der Waals surface area contributed by atoms with Crippen LogP contribution < -0.4 is 10.6 Å². The van der Waals surface area contributed by atoms with Gasteiger partial charge >= 0.3 is 0 Å². The first-order valence-electron chi connectivity index (χ1n) is 7.32. The quantitative estimate of drug-likeness (QED) is 0.902. The lowest BCUT2D eigenvalue weighted by Crippen LogP contribution is -2.59. The zero-order valence-corrected chi connectivity index (χ0v) is 14.0. The monoisotopic (exact) mass is 309 g/mol. The first-order valence-corrected chi connectivity index (χ1v) is 7.70. The molecular weight excluding hydrogens is 286 g/mol. The Morgan fingerprint density at radius 2 is 2.14 bits per heavy atom. The lowest BCUT2D eigenvalue weighted by Gasteiger charge is -2.42. The van der Waals surface area contributed by atoms with E-state index < -0.39 is 0 Å². The molecule has 1 aromatic rings. The number of anilines is 1. The van der Waals surface area contributed by atoms with Crippen LogP contribution in [0, 0.1) is 13.8 Å². The summed E-state index contributed by atoms with van der Waals surface area (Å²) in [4.78, 5) is 14.5. The lowest BCUT2D eigenvalue weighted by atomic mass is 10.0. The third-order valence-electron chi connectivity index (χ3n) is 4.00. The molecule has 4 nitrogen and oxygen atoms in total. The van der Waals surface area contributed by atoms with E-state index in [0.717, 1.165) is 36.4 Å². The number of carbonyl (C=O) groups excluding carboxylic acids is 1. The van der Waals surface area contributed by atoms with Crippen LogP contribution in [-0.4, -0.2) is 42.5 Å². The Kier molecular flexibility index (Phi) is 4.91. The second-order valence-corrected chi connectivity index (χ2v) is 6.80. The highest BCUT2D eigenvalue weighted by Gasteiger charge is 2.30. The summed E-state index contributed by atoms with van der Waals surface area (Å²) >= 11 is 6.24. The summed E-state index contributed by atoms with van der Waals surface area (Å²) in [5.74, 6) is -0.0150. The molecule has 2 N–H and O–H groups in total. The normalized spacial score (nSPS) is 18.5. The van der Waals surface area contributed by atoms with Gasteiger partial charge in [-0.15, -0.1) is 0 Å². The number of rotatable bonds is 3. The zero-order chi connectivity index (χ0) is 15.6. The van der Waals surface area contributed by atoms with Crippen LogP contribution in [0.2, 0.25) is 5.02 Å². The molecule has 0 atom stereocenters. The molecule has 0 saturated carbocycles. The molecule has 0 radical (unpaired) electrons. The van der Waals surface area contributed by atoms with Crippen LogP contribution in [-0.2, 0) is 4.79 Å². The molecule has 1 aliphatic heterocycles. The van der Waals surface area contributed by atoms with Gasteiger partial charge in [-0.3, -0.25) is 9.69 Å². The second-order valence-electron chi connectivity index (χ2n) is 6.40. The van der Waals surface area contributed by atoms with Crippen LogP contribution in [0.25, 0.3) is 0 Å². The van der Waals surface area contributed by atoms with Crippen molar-refractivity contribution in [3.8, 4) is 0 Å². The van der Waals surface area contributed by atoms with E-state index in [1.165, 1.54) is 0 Å². The molecule has 2 rings (SSSR count). The highest BCUT2D eigenvalue weighted by Crippen LogP contribution is 2.27. The summed E-state index contributed by atoms with van der Waals surface area (Å²) in [6, 6.07) is 3.90. The molecule has 0 spiro atoms. The first-order chi connectivity index (χ1) is 9.79. The number of piperazine rings is 1. The van der Waals surface area contributed by atoms with Crippen molar-refractivity contribution in [1.82, 2.24) is 10.2 Å². The predicted octanol–water partition coefficient (Wildman–Crippen LogP) is 2.58. The second kappa shape index (κ2) is 6.34. The Labute approximate surface area is 131 Å². The number of nitrogens with zero attached hydrogens (tertiary/aromatic N) is 1. The van der Waals surface area contributed by atoms with Gasteiger partial charge in [-0.1, -0.05) is 17.7 Å². The molecule has 21 heavy (non-hydrogen) atoms. The van der Waals surface area contributed by atoms with Crippen LogP contribution in [0.4, 0.5) is 5.69 Å². The minimum atomic E-state index is -0.0150. The topological polar surface area (TPSA) is 44.4 Å². The summed E-state index contributed by atoms with van der Waals surface area (Å²) in [5.41, 5.74) is 2.80. The molecule has 0 bridgehead atoms. The van der Waals surface area contributed by atoms with Gasteiger partial charge in [0.05, 0.1) is 17.3 Å². The Balaban J connectivity index is 2.05. The fraction of sp³-hybridized carbons (Fsp3) is 0.562. The van der Waals surface area contributed by atoms with Crippen LogP contribution in [0.15, 0.2) is 12.1 Å². The molecule has 1 aliphatic rings. The van der Waals surface area contributed by atoms with Gasteiger partial charge in [0.15, 0.2) is 0 Å². The third-order valence-corrected chi connectivity index (χ3v) is 4.30. The summed E-state index contributed by atoms with van der Waals surface area (Å²) < 4.78 is 0. The maximum atomic E-state index is 12.3. The van der Waals surface area contributed by atoms with E-state index in [2.05, 4.69) is 29.4 Å². The van der Waals surface area contributed by atoms with Gasteiger partial charge in [-0.25, -0.2) is 0 Å². The number of amides is 1. The number of carbonyl (C=O) groups is 1. The van der Waals surface area contributed by atoms with Gasteiger partial charge in [0.1, 0.15) is 0 Å². The van der Waals surface area contributed by atoms with Gasteiger partial charge in [0, 0.05) is 25.2 Å². The van der Waals surface area contributed by atoms with E-state index >= 15 is 0 Å². The maximum absolute atomic E-state index is 12.3. The van der Waals surface area contributed by atoms with Gasteiger partial charge in [-0.2, -0.15) is 0 Å². The molecule has 1 heterocycles. The Bertz CT molecular complexity index is 519. The third kappa shape index (κ3) is 3.96. The SMILES string of the molecule is Cc1cc(C)c(NC(=O)CN2CCNCC2(C)C)c(Cl)c1. The van der Waals surface area contributed by atoms with E-state index in [1.807, 2.05) is 26.0 Å². The summed E-state index contributed by atoms with van der Waals surface area (Å²) in [6.45, 7) is 11.3. The molecule has 1 fully saturated rings. The van der Waals surface area contributed by atoms with E-state index in [1.54, 1.807) is 0 Å². The molecule has 0 unspecified atom stereocenters. The zero-order valence-electron chi connectivity index (χ0n) is 13.2. The van der Waals surface area contributed by atoms with Crippen LogP contribution in [0.5, 0.6) is 0 Å². The highest BCUT2D eigenvalue weighted by atomic mass is 35.5. The molecule has 1 saturated heterocycles. The maximum Gasteiger partial charge on any atom is 0.238 e. The fourth-order valence-electron chi connectivity index (χ4n) is 2.74. The number of aryl methyl sites for hydroxylation is 2. The number of benzene rings is 1. The Morgan fingerprint density at radius 3 is 2.76 bits per heavy atom. The fourth-order valence-corrected chi connectivity index (χ4v) is 3.11. The molecule has 1 aromatic carbocycles. The van der Waals surface area contributed by atoms with Gasteiger partial charge in [-0.05, 0) is 44.9 Å². The van der Waals surface area contributed by atoms with Gasteiger partial charge in [0.25, 0.3) is 0 Å². The van der Waals surface area contributed by atoms with Crippen molar-refractivity contribution in [3.05, 3.63) is 28.3 Å². The number of nitrogens with one attached hydrogen (secondary N) is 2. The van der Waals surface area contributed by atoms with Crippen molar-refractivity contribution in [3.63, 3.8) is 0 Å². The van der Waals surface area contributed by atoms with Crippen LogP contribution in [0.1, 0.15) is 25.0 Å². The minimum Gasteiger partial charge on any atom is -0.323 e. The number of halogens is 1. The van der Waals surface area contributed by atoms with Crippen molar-refractivity contribution in [1.29, 1.82) is 0 Å². The standard InChI is InChI=1S/C16H24ClN3O/c1-11-7-12(2)15(13(17)8-11)19-14(21)9-20-6-5-18-10-16(20,3)4/h7-8,18H,5-6,9-10H2,1-4H3,(H,19,21). The molecule has 116 valence electrons. The van der Waals surface area contributed by atoms with Crippen molar-refractivity contribution in [2.24, 2.45) is 0 Å². The largest absolute Gasteiger partial charge is 0.323 e. The van der Waals surface area contributed by atoms with Crippen LogP contribution >= 0.6 is 11.6 Å². The molecule has 1 amide bonds. The average molecular weight is 310 g/mol. The predicted molar refractivity (Wildman–Crippen MR) is 88.1 cm³/mol. The Hall–Kier alpha value is -1.10. The summed E-state index contributed by atoms with van der Waals surface area (Å²) in [6.07, 6.45) is 0. The van der Waals surface area contributed by atoms with E-state index in [0.29, 0.717) is 11.6 Å². The molecule has 5 heteroatoms. The van der Waals surface area contributed by atoms with E-state index in [4.69, 9.17) is 11.6 Å². The van der Waals surface area contributed by atoms with Crippen molar-refractivity contribution < 1.29 is 4.79 Å². The van der Waals surface area contributed by atoms with Gasteiger partial charge in [0.2, 0.25) is 5.91 Å². The van der Waals surface area contributed by atoms with Crippen molar-refractivity contribution in [2.45, 2.75) is 33.2 Å². The highest BCUT2D eigenvalue weighted by molar-refractivity contribution is 6.34. The van der Waals surface area contributed by atoms with Crippen molar-refractivity contribution >= 4 is 23.2 Å².